The number of allylic oxidation sites excluding steroid dienone is 3. The van der Waals surface area contributed by atoms with Gasteiger partial charge in [-0.05, 0) is 48.8 Å². The summed E-state index contributed by atoms with van der Waals surface area (Å²) in [4.78, 5) is 25.5. The van der Waals surface area contributed by atoms with Gasteiger partial charge in [0.25, 0.3) is 5.91 Å². The summed E-state index contributed by atoms with van der Waals surface area (Å²) in [5.41, 5.74) is 7.44. The molecule has 11 heteroatoms. The van der Waals surface area contributed by atoms with Crippen LogP contribution in [0.1, 0.15) is 22.6 Å². The third kappa shape index (κ3) is 5.21. The van der Waals surface area contributed by atoms with E-state index in [1.165, 1.54) is 23.7 Å². The standard InChI is InChI=1S/C21H20ClFN6O2S/c22-15-9-14(4-5-16(15)31-10-12-2-1-3-13(23)8-12)28-18-17-20(27-11-26-18)32-21(29-17)19(30)25-7-6-24/h3-5,8-9,11H,1-2,6-7,10,24H2,(H,25,30)(H,26,27,28). The van der Waals surface area contributed by atoms with E-state index in [-0.39, 0.29) is 23.3 Å². The Morgan fingerprint density at radius 2 is 2.22 bits per heavy atom. The number of carbonyl (C=O) groups is 1. The summed E-state index contributed by atoms with van der Waals surface area (Å²) in [6.07, 6.45) is 5.87. The fraction of sp³-hybridized carbons (Fsp3) is 0.238. The third-order valence-electron chi connectivity index (χ3n) is 4.57. The number of rotatable bonds is 8. The number of anilines is 2. The van der Waals surface area contributed by atoms with Crippen LogP contribution in [-0.4, -0.2) is 40.6 Å². The SMILES string of the molecule is NCCNC(=O)c1nc2c(Nc3ccc(OCC4=CC(F)=CCC4)c(Cl)c3)ncnc2s1. The van der Waals surface area contributed by atoms with Gasteiger partial charge in [-0.15, -0.1) is 0 Å². The van der Waals surface area contributed by atoms with Crippen LogP contribution in [0.4, 0.5) is 15.9 Å². The molecular weight excluding hydrogens is 455 g/mol. The molecule has 2 heterocycles. The summed E-state index contributed by atoms with van der Waals surface area (Å²) in [6, 6.07) is 5.21. The van der Waals surface area contributed by atoms with Gasteiger partial charge in [-0.2, -0.15) is 0 Å². The average molecular weight is 475 g/mol. The number of nitrogens with one attached hydrogen (secondary N) is 2. The first-order chi connectivity index (χ1) is 15.5. The van der Waals surface area contributed by atoms with Crippen LogP contribution in [0.15, 0.2) is 48.1 Å². The Morgan fingerprint density at radius 1 is 1.34 bits per heavy atom. The van der Waals surface area contributed by atoms with Gasteiger partial charge in [0.05, 0.1) is 5.02 Å². The molecule has 0 saturated heterocycles. The van der Waals surface area contributed by atoms with E-state index in [2.05, 4.69) is 25.6 Å². The van der Waals surface area contributed by atoms with Crippen LogP contribution in [0.25, 0.3) is 10.3 Å². The van der Waals surface area contributed by atoms with Gasteiger partial charge in [-0.25, -0.2) is 19.3 Å². The van der Waals surface area contributed by atoms with Gasteiger partial charge in [0.15, 0.2) is 10.8 Å². The Bertz CT molecular complexity index is 1210. The van der Waals surface area contributed by atoms with E-state index in [0.717, 1.165) is 12.0 Å². The number of ether oxygens (including phenoxy) is 1. The van der Waals surface area contributed by atoms with Crippen LogP contribution in [-0.2, 0) is 0 Å². The number of nitrogens with two attached hydrogens (primary N) is 1. The van der Waals surface area contributed by atoms with Crippen LogP contribution < -0.4 is 21.1 Å². The van der Waals surface area contributed by atoms with Crippen molar-refractivity contribution in [3.8, 4) is 5.75 Å². The summed E-state index contributed by atoms with van der Waals surface area (Å²) in [7, 11) is 0. The van der Waals surface area contributed by atoms with Crippen LogP contribution in [0.5, 0.6) is 5.75 Å². The van der Waals surface area contributed by atoms with Gasteiger partial charge in [-0.3, -0.25) is 4.79 Å². The number of benzene rings is 1. The fourth-order valence-corrected chi connectivity index (χ4v) is 4.10. The van der Waals surface area contributed by atoms with E-state index < -0.39 is 0 Å². The number of nitrogens with zero attached hydrogens (tertiary/aromatic N) is 3. The number of fused-ring (bicyclic) bond motifs is 1. The molecule has 0 atom stereocenters. The van der Waals surface area contributed by atoms with Crippen molar-refractivity contribution in [3.63, 3.8) is 0 Å². The van der Waals surface area contributed by atoms with Crippen molar-refractivity contribution in [2.75, 3.05) is 25.0 Å². The molecule has 0 radical (unpaired) electrons. The molecule has 0 spiro atoms. The topological polar surface area (TPSA) is 115 Å². The lowest BCUT2D eigenvalue weighted by Crippen LogP contribution is -2.28. The Labute approximate surface area is 192 Å². The molecule has 1 aliphatic carbocycles. The quantitative estimate of drug-likeness (QED) is 0.449. The summed E-state index contributed by atoms with van der Waals surface area (Å²) in [6.45, 7) is 0.977. The zero-order chi connectivity index (χ0) is 22.5. The summed E-state index contributed by atoms with van der Waals surface area (Å²) in [5, 5.41) is 6.52. The number of hydrogen-bond acceptors (Lipinski definition) is 8. The van der Waals surface area contributed by atoms with Gasteiger partial charge in [-0.1, -0.05) is 22.9 Å². The zero-order valence-corrected chi connectivity index (χ0v) is 18.5. The molecule has 3 aromatic rings. The van der Waals surface area contributed by atoms with E-state index in [0.29, 0.717) is 52.1 Å². The molecular formula is C21H20ClFN6O2S. The molecule has 1 aromatic carbocycles. The second kappa shape index (κ2) is 10.0. The highest BCUT2D eigenvalue weighted by Crippen LogP contribution is 2.32. The van der Waals surface area contributed by atoms with Gasteiger partial charge in [0.2, 0.25) is 0 Å². The molecule has 0 unspecified atom stereocenters. The average Bonchev–Trinajstić information content (AvgIpc) is 3.23. The van der Waals surface area contributed by atoms with E-state index >= 15 is 0 Å². The minimum atomic E-state index is -0.308. The molecule has 0 fully saturated rings. The van der Waals surface area contributed by atoms with Crippen LogP contribution >= 0.6 is 22.9 Å². The molecule has 2 aromatic heterocycles. The summed E-state index contributed by atoms with van der Waals surface area (Å²) >= 11 is 7.54. The number of amides is 1. The van der Waals surface area contributed by atoms with Crippen molar-refractivity contribution in [1.82, 2.24) is 20.3 Å². The van der Waals surface area contributed by atoms with E-state index in [9.17, 15) is 9.18 Å². The minimum Gasteiger partial charge on any atom is -0.488 e. The van der Waals surface area contributed by atoms with Gasteiger partial charge in [0, 0.05) is 18.8 Å². The number of aromatic nitrogens is 3. The Hall–Kier alpha value is -3.08. The predicted molar refractivity (Wildman–Crippen MR) is 123 cm³/mol. The molecule has 1 aliphatic rings. The fourth-order valence-electron chi connectivity index (χ4n) is 3.04. The van der Waals surface area contributed by atoms with E-state index in [4.69, 9.17) is 22.1 Å². The van der Waals surface area contributed by atoms with Crippen molar-refractivity contribution in [2.24, 2.45) is 5.73 Å². The summed E-state index contributed by atoms with van der Waals surface area (Å²) in [5.74, 6) is 0.396. The molecule has 1 amide bonds. The van der Waals surface area contributed by atoms with Crippen molar-refractivity contribution in [1.29, 1.82) is 0 Å². The zero-order valence-electron chi connectivity index (χ0n) is 16.9. The lowest BCUT2D eigenvalue weighted by atomic mass is 10.1. The molecule has 0 aliphatic heterocycles. The van der Waals surface area contributed by atoms with E-state index in [1.54, 1.807) is 24.3 Å². The highest BCUT2D eigenvalue weighted by molar-refractivity contribution is 7.19. The normalized spacial score (nSPS) is 13.5. The Balaban J connectivity index is 1.48. The monoisotopic (exact) mass is 474 g/mol. The van der Waals surface area contributed by atoms with Gasteiger partial charge < -0.3 is 21.1 Å². The maximum Gasteiger partial charge on any atom is 0.280 e. The number of hydrogen-bond donors (Lipinski definition) is 3. The first-order valence-electron chi connectivity index (χ1n) is 9.88. The van der Waals surface area contributed by atoms with Crippen LogP contribution in [0, 0.1) is 0 Å². The smallest absolute Gasteiger partial charge is 0.280 e. The van der Waals surface area contributed by atoms with Crippen LogP contribution in [0.3, 0.4) is 0 Å². The van der Waals surface area contributed by atoms with Crippen LogP contribution in [0.2, 0.25) is 5.02 Å². The Morgan fingerprint density at radius 3 is 3.00 bits per heavy atom. The number of halogens is 2. The highest BCUT2D eigenvalue weighted by Gasteiger charge is 2.16. The molecule has 4 rings (SSSR count). The second-order valence-corrected chi connectivity index (χ2v) is 8.31. The first kappa shape index (κ1) is 22.1. The maximum atomic E-state index is 13.4. The molecule has 32 heavy (non-hydrogen) atoms. The lowest BCUT2D eigenvalue weighted by Gasteiger charge is -2.14. The number of carbonyl (C=O) groups excluding carboxylic acids is 1. The largest absolute Gasteiger partial charge is 0.488 e. The first-order valence-corrected chi connectivity index (χ1v) is 11.1. The minimum absolute atomic E-state index is 0.237. The van der Waals surface area contributed by atoms with E-state index in [1.807, 2.05) is 0 Å². The molecule has 8 nitrogen and oxygen atoms in total. The molecule has 0 saturated carbocycles. The van der Waals surface area contributed by atoms with Gasteiger partial charge >= 0.3 is 0 Å². The molecule has 4 N–H and O–H groups in total. The van der Waals surface area contributed by atoms with Crippen molar-refractivity contribution in [3.05, 3.63) is 58.1 Å². The summed E-state index contributed by atoms with van der Waals surface area (Å²) < 4.78 is 19.1. The lowest BCUT2D eigenvalue weighted by molar-refractivity contribution is 0.0954. The molecule has 166 valence electrons. The van der Waals surface area contributed by atoms with Crippen molar-refractivity contribution < 1.29 is 13.9 Å². The highest BCUT2D eigenvalue weighted by atomic mass is 35.5. The third-order valence-corrected chi connectivity index (χ3v) is 5.83. The maximum absolute atomic E-state index is 13.4. The van der Waals surface area contributed by atoms with Crippen molar-refractivity contribution in [2.45, 2.75) is 12.8 Å². The Kier molecular flexibility index (Phi) is 6.93. The van der Waals surface area contributed by atoms with Crippen molar-refractivity contribution >= 4 is 50.7 Å². The second-order valence-electron chi connectivity index (χ2n) is 6.93. The predicted octanol–water partition coefficient (Wildman–Crippen LogP) is 4.12. The number of thiazole rings is 1. The van der Waals surface area contributed by atoms with Gasteiger partial charge in [0.1, 0.15) is 34.9 Å². The molecule has 0 bridgehead atoms.